The molecule has 2 atom stereocenters. The summed E-state index contributed by atoms with van der Waals surface area (Å²) in [4.78, 5) is 11.8. The number of rotatable bonds is 2. The number of carbonyl (C=O) groups is 1. The van der Waals surface area contributed by atoms with Crippen LogP contribution in [0.2, 0.25) is 0 Å². The molecule has 1 heterocycles. The van der Waals surface area contributed by atoms with Crippen molar-refractivity contribution in [2.75, 3.05) is 13.1 Å². The van der Waals surface area contributed by atoms with Gasteiger partial charge in [-0.1, -0.05) is 13.8 Å². The molecule has 0 radical (unpaired) electrons. The molecule has 3 heteroatoms. The summed E-state index contributed by atoms with van der Waals surface area (Å²) >= 11 is 0. The van der Waals surface area contributed by atoms with Gasteiger partial charge in [-0.25, -0.2) is 0 Å². The maximum absolute atomic E-state index is 11.8. The molecule has 80 valence electrons. The van der Waals surface area contributed by atoms with E-state index in [1.54, 1.807) is 0 Å². The number of hydrogen-bond acceptors (Lipinski definition) is 2. The first-order chi connectivity index (χ1) is 6.59. The topological polar surface area (TPSA) is 41.1 Å². The Kier molecular flexibility index (Phi) is 2.52. The van der Waals surface area contributed by atoms with Crippen LogP contribution in [0.25, 0.3) is 0 Å². The average Bonchev–Trinajstić information content (AvgIpc) is 2.75. The molecule has 0 aromatic heterocycles. The fraction of sp³-hybridized carbons (Fsp3) is 0.909. The Morgan fingerprint density at radius 1 is 1.50 bits per heavy atom. The first-order valence-corrected chi connectivity index (χ1v) is 5.61. The molecule has 1 unspecified atom stereocenters. The summed E-state index contributed by atoms with van der Waals surface area (Å²) in [6.07, 6.45) is 3.32. The van der Waals surface area contributed by atoms with Gasteiger partial charge in [-0.05, 0) is 31.2 Å². The van der Waals surface area contributed by atoms with Gasteiger partial charge in [-0.2, -0.15) is 0 Å². The monoisotopic (exact) mass is 196 g/mol. The molecule has 1 amide bonds. The van der Waals surface area contributed by atoms with E-state index in [9.17, 15) is 4.79 Å². The minimum absolute atomic E-state index is 0.208. The standard InChI is InChI=1S/C11H20N2O/c1-11(2)6-9(11)13-10(14)8-4-3-5-12-7-8/h8-9,12H,3-7H2,1-2H3,(H,13,14)/t8-,9?/m1/s1. The lowest BCUT2D eigenvalue weighted by atomic mass is 9.99. The van der Waals surface area contributed by atoms with Crippen molar-refractivity contribution in [3.8, 4) is 0 Å². The minimum Gasteiger partial charge on any atom is -0.353 e. The Labute approximate surface area is 85.6 Å². The van der Waals surface area contributed by atoms with E-state index < -0.39 is 0 Å². The molecule has 2 N–H and O–H groups in total. The van der Waals surface area contributed by atoms with Gasteiger partial charge in [0.05, 0.1) is 5.92 Å². The Morgan fingerprint density at radius 2 is 2.21 bits per heavy atom. The van der Waals surface area contributed by atoms with Gasteiger partial charge >= 0.3 is 0 Å². The zero-order valence-corrected chi connectivity index (χ0v) is 9.10. The molecule has 0 aromatic rings. The maximum Gasteiger partial charge on any atom is 0.224 e. The van der Waals surface area contributed by atoms with Crippen LogP contribution in [0, 0.1) is 11.3 Å². The van der Waals surface area contributed by atoms with Gasteiger partial charge in [-0.3, -0.25) is 4.79 Å². The van der Waals surface area contributed by atoms with Gasteiger partial charge in [0.1, 0.15) is 0 Å². The highest BCUT2D eigenvalue weighted by Crippen LogP contribution is 2.44. The number of hydrogen-bond donors (Lipinski definition) is 2. The van der Waals surface area contributed by atoms with Crippen LogP contribution in [-0.2, 0) is 4.79 Å². The first-order valence-electron chi connectivity index (χ1n) is 5.61. The van der Waals surface area contributed by atoms with Crippen LogP contribution in [-0.4, -0.2) is 25.0 Å². The van der Waals surface area contributed by atoms with Gasteiger partial charge in [0.15, 0.2) is 0 Å². The van der Waals surface area contributed by atoms with Crippen LogP contribution in [0.15, 0.2) is 0 Å². The second-order valence-electron chi connectivity index (χ2n) is 5.30. The Bertz CT molecular complexity index is 231. The van der Waals surface area contributed by atoms with E-state index in [2.05, 4.69) is 24.5 Å². The fourth-order valence-electron chi connectivity index (χ4n) is 2.08. The third-order valence-electron chi connectivity index (χ3n) is 3.50. The van der Waals surface area contributed by atoms with Crippen molar-refractivity contribution >= 4 is 5.91 Å². The second kappa shape index (κ2) is 3.54. The van der Waals surface area contributed by atoms with E-state index in [-0.39, 0.29) is 11.8 Å². The highest BCUT2D eigenvalue weighted by atomic mass is 16.2. The molecule has 1 saturated carbocycles. The Morgan fingerprint density at radius 3 is 2.71 bits per heavy atom. The number of carbonyl (C=O) groups excluding carboxylic acids is 1. The van der Waals surface area contributed by atoms with Crippen LogP contribution >= 0.6 is 0 Å². The van der Waals surface area contributed by atoms with Crippen molar-refractivity contribution in [2.45, 2.75) is 39.2 Å². The van der Waals surface area contributed by atoms with E-state index in [0.717, 1.165) is 32.4 Å². The van der Waals surface area contributed by atoms with Gasteiger partial charge in [0.25, 0.3) is 0 Å². The van der Waals surface area contributed by atoms with Crippen LogP contribution in [0.5, 0.6) is 0 Å². The van der Waals surface area contributed by atoms with Crippen molar-refractivity contribution in [1.82, 2.24) is 10.6 Å². The summed E-state index contributed by atoms with van der Waals surface area (Å²) in [5.74, 6) is 0.466. The third kappa shape index (κ3) is 2.08. The van der Waals surface area contributed by atoms with E-state index in [1.165, 1.54) is 0 Å². The molecule has 1 saturated heterocycles. The van der Waals surface area contributed by atoms with Crippen molar-refractivity contribution in [3.05, 3.63) is 0 Å². The molecule has 2 rings (SSSR count). The van der Waals surface area contributed by atoms with Gasteiger partial charge in [0.2, 0.25) is 5.91 Å². The molecular formula is C11H20N2O. The van der Waals surface area contributed by atoms with E-state index in [1.807, 2.05) is 0 Å². The zero-order chi connectivity index (χ0) is 10.2. The SMILES string of the molecule is CC1(C)CC1NC(=O)[C@@H]1CCCNC1. The first kappa shape index (κ1) is 9.97. The number of piperidine rings is 1. The molecular weight excluding hydrogens is 176 g/mol. The molecule has 14 heavy (non-hydrogen) atoms. The van der Waals surface area contributed by atoms with Crippen molar-refractivity contribution in [3.63, 3.8) is 0 Å². The molecule has 0 aromatic carbocycles. The zero-order valence-electron chi connectivity index (χ0n) is 9.10. The highest BCUT2D eigenvalue weighted by Gasteiger charge is 2.47. The fourth-order valence-corrected chi connectivity index (χ4v) is 2.08. The summed E-state index contributed by atoms with van der Waals surface area (Å²) in [6.45, 7) is 6.34. The highest BCUT2D eigenvalue weighted by molar-refractivity contribution is 5.79. The normalized spacial score (nSPS) is 35.0. The molecule has 3 nitrogen and oxygen atoms in total. The van der Waals surface area contributed by atoms with Gasteiger partial charge in [-0.15, -0.1) is 0 Å². The van der Waals surface area contributed by atoms with E-state index in [0.29, 0.717) is 11.5 Å². The lowest BCUT2D eigenvalue weighted by Crippen LogP contribution is -2.42. The summed E-state index contributed by atoms with van der Waals surface area (Å²) in [5.41, 5.74) is 0.345. The van der Waals surface area contributed by atoms with Crippen LogP contribution in [0.1, 0.15) is 33.1 Å². The largest absolute Gasteiger partial charge is 0.353 e. The van der Waals surface area contributed by atoms with Crippen molar-refractivity contribution in [2.24, 2.45) is 11.3 Å². The molecule has 2 aliphatic rings. The Balaban J connectivity index is 1.78. The molecule has 0 spiro atoms. The molecule has 2 fully saturated rings. The van der Waals surface area contributed by atoms with Crippen LogP contribution in [0.3, 0.4) is 0 Å². The molecule has 1 aliphatic carbocycles. The van der Waals surface area contributed by atoms with Crippen molar-refractivity contribution < 1.29 is 4.79 Å². The number of amides is 1. The lowest BCUT2D eigenvalue weighted by molar-refractivity contribution is -0.125. The van der Waals surface area contributed by atoms with Gasteiger partial charge < -0.3 is 10.6 Å². The smallest absolute Gasteiger partial charge is 0.224 e. The van der Waals surface area contributed by atoms with Crippen molar-refractivity contribution in [1.29, 1.82) is 0 Å². The predicted octanol–water partition coefficient (Wildman–Crippen LogP) is 0.901. The lowest BCUT2D eigenvalue weighted by Gasteiger charge is -2.22. The maximum atomic E-state index is 11.8. The molecule has 1 aliphatic heterocycles. The number of nitrogens with one attached hydrogen (secondary N) is 2. The minimum atomic E-state index is 0.208. The summed E-state index contributed by atoms with van der Waals surface area (Å²) in [7, 11) is 0. The van der Waals surface area contributed by atoms with Crippen LogP contribution in [0.4, 0.5) is 0 Å². The van der Waals surface area contributed by atoms with E-state index >= 15 is 0 Å². The third-order valence-corrected chi connectivity index (χ3v) is 3.50. The Hall–Kier alpha value is -0.570. The summed E-state index contributed by atoms with van der Waals surface area (Å²) < 4.78 is 0. The quantitative estimate of drug-likeness (QED) is 0.689. The predicted molar refractivity (Wildman–Crippen MR) is 55.9 cm³/mol. The second-order valence-corrected chi connectivity index (χ2v) is 5.30. The summed E-state index contributed by atoms with van der Waals surface area (Å²) in [5, 5.41) is 6.40. The average molecular weight is 196 g/mol. The summed E-state index contributed by atoms with van der Waals surface area (Å²) in [6, 6.07) is 0.428. The van der Waals surface area contributed by atoms with E-state index in [4.69, 9.17) is 0 Å². The molecule has 0 bridgehead atoms. The van der Waals surface area contributed by atoms with Gasteiger partial charge in [0, 0.05) is 12.6 Å². The van der Waals surface area contributed by atoms with Crippen LogP contribution < -0.4 is 10.6 Å².